The van der Waals surface area contributed by atoms with Crippen molar-refractivity contribution in [2.24, 2.45) is 22.1 Å². The molecule has 1 atom stereocenters. The van der Waals surface area contributed by atoms with E-state index in [0.717, 1.165) is 44.5 Å². The molecule has 0 aromatic carbocycles. The first-order valence-electron chi connectivity index (χ1n) is 7.19. The van der Waals surface area contributed by atoms with Gasteiger partial charge in [0.25, 0.3) is 0 Å². The molecule has 2 rings (SSSR count). The van der Waals surface area contributed by atoms with Gasteiger partial charge in [0.05, 0.1) is 0 Å². The van der Waals surface area contributed by atoms with Crippen molar-refractivity contribution in [3.63, 3.8) is 0 Å². The monoisotopic (exact) mass is 253 g/mol. The molecule has 1 aliphatic carbocycles. The summed E-state index contributed by atoms with van der Waals surface area (Å²) >= 11 is 0. The first-order valence-corrected chi connectivity index (χ1v) is 7.19. The SMILES string of the molecule is COCCC1(CN=C(N)N2CCCC(C)C2)CC1. The number of hydrogen-bond acceptors (Lipinski definition) is 2. The van der Waals surface area contributed by atoms with E-state index in [2.05, 4.69) is 16.8 Å². The molecule has 0 radical (unpaired) electrons. The van der Waals surface area contributed by atoms with E-state index in [1.807, 2.05) is 0 Å². The van der Waals surface area contributed by atoms with Crippen molar-refractivity contribution in [2.45, 2.75) is 39.0 Å². The summed E-state index contributed by atoms with van der Waals surface area (Å²) in [6.07, 6.45) is 6.25. The lowest BCUT2D eigenvalue weighted by molar-refractivity contribution is 0.173. The first-order chi connectivity index (χ1) is 8.65. The van der Waals surface area contributed by atoms with Crippen molar-refractivity contribution in [1.29, 1.82) is 0 Å². The van der Waals surface area contributed by atoms with Crippen LogP contribution in [0.2, 0.25) is 0 Å². The maximum absolute atomic E-state index is 6.12. The Balaban J connectivity index is 1.81. The predicted molar refractivity (Wildman–Crippen MR) is 74.6 cm³/mol. The van der Waals surface area contributed by atoms with E-state index in [1.165, 1.54) is 25.7 Å². The molecule has 2 N–H and O–H groups in total. The number of nitrogens with two attached hydrogens (primary N) is 1. The largest absolute Gasteiger partial charge is 0.385 e. The van der Waals surface area contributed by atoms with Crippen molar-refractivity contribution >= 4 is 5.96 Å². The summed E-state index contributed by atoms with van der Waals surface area (Å²) in [5.41, 5.74) is 6.52. The summed E-state index contributed by atoms with van der Waals surface area (Å²) in [7, 11) is 1.77. The molecule has 18 heavy (non-hydrogen) atoms. The summed E-state index contributed by atoms with van der Waals surface area (Å²) in [4.78, 5) is 6.88. The van der Waals surface area contributed by atoms with Crippen LogP contribution in [-0.2, 0) is 4.74 Å². The molecule has 1 heterocycles. The fourth-order valence-corrected chi connectivity index (χ4v) is 2.73. The van der Waals surface area contributed by atoms with Crippen LogP contribution in [0.1, 0.15) is 39.0 Å². The van der Waals surface area contributed by atoms with Crippen molar-refractivity contribution in [2.75, 3.05) is 33.4 Å². The zero-order chi connectivity index (χ0) is 13.0. The Labute approximate surface area is 111 Å². The van der Waals surface area contributed by atoms with Gasteiger partial charge in [0.1, 0.15) is 0 Å². The van der Waals surface area contributed by atoms with E-state index in [-0.39, 0.29) is 0 Å². The minimum atomic E-state index is 0.405. The van der Waals surface area contributed by atoms with Gasteiger partial charge in [-0.25, -0.2) is 0 Å². The first kappa shape index (κ1) is 13.7. The Morgan fingerprint density at radius 3 is 2.89 bits per heavy atom. The zero-order valence-electron chi connectivity index (χ0n) is 11.8. The molecule has 0 bridgehead atoms. The molecule has 1 aliphatic heterocycles. The van der Waals surface area contributed by atoms with Gasteiger partial charge in [-0.2, -0.15) is 0 Å². The van der Waals surface area contributed by atoms with E-state index in [9.17, 15) is 0 Å². The predicted octanol–water partition coefficient (Wildman–Crippen LogP) is 1.85. The van der Waals surface area contributed by atoms with Gasteiger partial charge in [-0.3, -0.25) is 4.99 Å². The number of rotatable bonds is 5. The van der Waals surface area contributed by atoms with Gasteiger partial charge >= 0.3 is 0 Å². The van der Waals surface area contributed by atoms with Crippen LogP contribution in [0.3, 0.4) is 0 Å². The second-order valence-electron chi connectivity index (χ2n) is 6.11. The van der Waals surface area contributed by atoms with Crippen LogP contribution in [-0.4, -0.2) is 44.2 Å². The number of ether oxygens (including phenoxy) is 1. The quantitative estimate of drug-likeness (QED) is 0.601. The molecule has 0 aromatic heterocycles. The van der Waals surface area contributed by atoms with E-state index in [4.69, 9.17) is 10.5 Å². The highest BCUT2D eigenvalue weighted by atomic mass is 16.5. The third kappa shape index (κ3) is 3.61. The Hall–Kier alpha value is -0.770. The lowest BCUT2D eigenvalue weighted by Crippen LogP contribution is -2.43. The van der Waals surface area contributed by atoms with Gasteiger partial charge in [-0.05, 0) is 43.4 Å². The van der Waals surface area contributed by atoms with Crippen molar-refractivity contribution in [3.8, 4) is 0 Å². The highest BCUT2D eigenvalue weighted by Gasteiger charge is 2.41. The van der Waals surface area contributed by atoms with E-state index in [1.54, 1.807) is 7.11 Å². The average molecular weight is 253 g/mol. The summed E-state index contributed by atoms with van der Waals surface area (Å²) in [6, 6.07) is 0. The molecule has 104 valence electrons. The molecule has 0 spiro atoms. The summed E-state index contributed by atoms with van der Waals surface area (Å²) in [5.74, 6) is 1.50. The number of hydrogen-bond donors (Lipinski definition) is 1. The summed E-state index contributed by atoms with van der Waals surface area (Å²) in [6.45, 7) is 6.16. The maximum atomic E-state index is 6.12. The summed E-state index contributed by atoms with van der Waals surface area (Å²) < 4.78 is 5.16. The molecule has 1 saturated heterocycles. The molecule has 2 fully saturated rings. The molecule has 0 aromatic rings. The van der Waals surface area contributed by atoms with E-state index in [0.29, 0.717) is 5.41 Å². The minimum Gasteiger partial charge on any atom is -0.385 e. The number of methoxy groups -OCH3 is 1. The summed E-state index contributed by atoms with van der Waals surface area (Å²) in [5, 5.41) is 0. The normalized spacial score (nSPS) is 27.3. The Morgan fingerprint density at radius 2 is 2.28 bits per heavy atom. The van der Waals surface area contributed by atoms with Gasteiger partial charge in [0, 0.05) is 33.4 Å². The van der Waals surface area contributed by atoms with Crippen LogP contribution in [0.5, 0.6) is 0 Å². The van der Waals surface area contributed by atoms with Crippen LogP contribution < -0.4 is 5.73 Å². The maximum Gasteiger partial charge on any atom is 0.191 e. The standard InChI is InChI=1S/C14H27N3O/c1-12-4-3-8-17(10-12)13(15)16-11-14(5-6-14)7-9-18-2/h12H,3-11H2,1-2H3,(H2,15,16). The van der Waals surface area contributed by atoms with Crippen LogP contribution >= 0.6 is 0 Å². The lowest BCUT2D eigenvalue weighted by atomic mass is 10.0. The Bertz CT molecular complexity index is 299. The van der Waals surface area contributed by atoms with Crippen molar-refractivity contribution < 1.29 is 4.74 Å². The molecule has 2 aliphatic rings. The van der Waals surface area contributed by atoms with E-state index < -0.39 is 0 Å². The molecule has 1 unspecified atom stereocenters. The topological polar surface area (TPSA) is 50.9 Å². The smallest absolute Gasteiger partial charge is 0.191 e. The van der Waals surface area contributed by atoms with Gasteiger partial charge in [0.15, 0.2) is 5.96 Å². The molecule has 0 amide bonds. The van der Waals surface area contributed by atoms with Crippen LogP contribution in [0.25, 0.3) is 0 Å². The third-order valence-electron chi connectivity index (χ3n) is 4.35. The van der Waals surface area contributed by atoms with Gasteiger partial charge in [-0.1, -0.05) is 6.92 Å². The fourth-order valence-electron chi connectivity index (χ4n) is 2.73. The number of piperidine rings is 1. The molecule has 1 saturated carbocycles. The van der Waals surface area contributed by atoms with Gasteiger partial charge in [-0.15, -0.1) is 0 Å². The molecule has 4 heteroatoms. The Kier molecular flexibility index (Phi) is 4.49. The third-order valence-corrected chi connectivity index (χ3v) is 4.35. The highest BCUT2D eigenvalue weighted by molar-refractivity contribution is 5.78. The number of aliphatic imine (C=N–C) groups is 1. The second-order valence-corrected chi connectivity index (χ2v) is 6.11. The average Bonchev–Trinajstić information content (AvgIpc) is 3.14. The zero-order valence-corrected chi connectivity index (χ0v) is 11.8. The van der Waals surface area contributed by atoms with Crippen molar-refractivity contribution in [1.82, 2.24) is 4.90 Å². The van der Waals surface area contributed by atoms with Gasteiger partial charge < -0.3 is 15.4 Å². The number of likely N-dealkylation sites (tertiary alicyclic amines) is 1. The van der Waals surface area contributed by atoms with E-state index >= 15 is 0 Å². The van der Waals surface area contributed by atoms with Crippen LogP contribution in [0.4, 0.5) is 0 Å². The lowest BCUT2D eigenvalue weighted by Gasteiger charge is -2.31. The molecule has 4 nitrogen and oxygen atoms in total. The highest BCUT2D eigenvalue weighted by Crippen LogP contribution is 2.48. The van der Waals surface area contributed by atoms with Crippen LogP contribution in [0, 0.1) is 11.3 Å². The van der Waals surface area contributed by atoms with Crippen molar-refractivity contribution in [3.05, 3.63) is 0 Å². The number of nitrogens with zero attached hydrogens (tertiary/aromatic N) is 2. The molecular formula is C14H27N3O. The molecular weight excluding hydrogens is 226 g/mol. The second kappa shape index (κ2) is 5.91. The van der Waals surface area contributed by atoms with Gasteiger partial charge in [0.2, 0.25) is 0 Å². The Morgan fingerprint density at radius 1 is 1.50 bits per heavy atom. The number of guanidine groups is 1. The fraction of sp³-hybridized carbons (Fsp3) is 0.929. The van der Waals surface area contributed by atoms with Crippen LogP contribution in [0.15, 0.2) is 4.99 Å². The minimum absolute atomic E-state index is 0.405.